The van der Waals surface area contributed by atoms with E-state index < -0.39 is 11.6 Å². The molecular formula is C28H22N6O. The van der Waals surface area contributed by atoms with Gasteiger partial charge in [-0.15, -0.1) is 10.2 Å². The van der Waals surface area contributed by atoms with Crippen LogP contribution in [0.3, 0.4) is 0 Å². The molecule has 1 N–H and O–H groups in total. The fraction of sp³-hybridized carbons (Fsp3) is 0.0714. The molecule has 0 fully saturated rings. The average Bonchev–Trinajstić information content (AvgIpc) is 3.54. The minimum Gasteiger partial charge on any atom is -0.378 e. The van der Waals surface area contributed by atoms with Gasteiger partial charge in [-0.05, 0) is 41.5 Å². The number of para-hydroxylation sites is 2. The molecule has 0 saturated heterocycles. The van der Waals surface area contributed by atoms with Gasteiger partial charge >= 0.3 is 0 Å². The molecule has 2 aromatic heterocycles. The first-order valence-corrected chi connectivity index (χ1v) is 11.4. The minimum atomic E-state index is -1.45. The molecule has 35 heavy (non-hydrogen) atoms. The Balaban J connectivity index is 1.59. The highest BCUT2D eigenvalue weighted by molar-refractivity contribution is 5.76. The molecule has 0 aliphatic carbocycles. The van der Waals surface area contributed by atoms with Gasteiger partial charge in [-0.3, -0.25) is 0 Å². The molecule has 7 nitrogen and oxygen atoms in total. The first-order chi connectivity index (χ1) is 17.2. The highest BCUT2D eigenvalue weighted by atomic mass is 16.3. The summed E-state index contributed by atoms with van der Waals surface area (Å²) in [4.78, 5) is 0. The van der Waals surface area contributed by atoms with Crippen molar-refractivity contribution >= 4 is 28.3 Å². The van der Waals surface area contributed by atoms with E-state index in [1.807, 2.05) is 121 Å². The number of hydrogen-bond donors (Lipinski definition) is 1. The molecule has 0 amide bonds. The van der Waals surface area contributed by atoms with E-state index in [-0.39, 0.29) is 0 Å². The normalized spacial score (nSPS) is 13.1. The maximum Gasteiger partial charge on any atom is 0.141 e. The van der Waals surface area contributed by atoms with E-state index in [1.165, 1.54) is 0 Å². The summed E-state index contributed by atoms with van der Waals surface area (Å²) in [5.41, 5.74) is 3.26. The lowest BCUT2D eigenvalue weighted by atomic mass is 9.80. The van der Waals surface area contributed by atoms with E-state index in [0.29, 0.717) is 0 Å². The van der Waals surface area contributed by atoms with Gasteiger partial charge in [0.2, 0.25) is 0 Å². The topological polar surface area (TPSA) is 81.6 Å². The summed E-state index contributed by atoms with van der Waals surface area (Å²) in [6.45, 7) is 0. The van der Waals surface area contributed by atoms with Crippen molar-refractivity contribution in [1.29, 1.82) is 0 Å². The van der Waals surface area contributed by atoms with Crippen LogP contribution in [-0.2, 0) is 5.60 Å². The van der Waals surface area contributed by atoms with Crippen LogP contribution in [0.25, 0.3) is 28.3 Å². The Labute approximate surface area is 201 Å². The Morgan fingerprint density at radius 2 is 1.14 bits per heavy atom. The lowest BCUT2D eigenvalue weighted by molar-refractivity contribution is 0.0378. The summed E-state index contributed by atoms with van der Waals surface area (Å²) in [5, 5.41) is 30.0. The first kappa shape index (κ1) is 20.9. The quantitative estimate of drug-likeness (QED) is 0.387. The SMILES string of the molecule is OC(c1ccccc1)(c1ccccc1)C(/C=C\n1nnc2ccccc21)n1nnc2ccccc21. The van der Waals surface area contributed by atoms with Gasteiger partial charge in [-0.1, -0.05) is 95.4 Å². The Morgan fingerprint density at radius 3 is 1.80 bits per heavy atom. The zero-order chi connectivity index (χ0) is 23.7. The van der Waals surface area contributed by atoms with E-state index in [4.69, 9.17) is 0 Å². The van der Waals surface area contributed by atoms with Crippen LogP contribution in [0.4, 0.5) is 0 Å². The van der Waals surface area contributed by atoms with E-state index in [9.17, 15) is 5.11 Å². The second-order valence-electron chi connectivity index (χ2n) is 8.33. The summed E-state index contributed by atoms with van der Waals surface area (Å²) in [6, 6.07) is 34.1. The molecule has 0 spiro atoms. The van der Waals surface area contributed by atoms with Crippen LogP contribution in [0.5, 0.6) is 0 Å². The number of rotatable bonds is 6. The summed E-state index contributed by atoms with van der Waals surface area (Å²) in [6.07, 6.45) is 3.73. The maximum absolute atomic E-state index is 12.6. The highest BCUT2D eigenvalue weighted by Gasteiger charge is 2.41. The molecule has 7 heteroatoms. The second kappa shape index (κ2) is 8.62. The van der Waals surface area contributed by atoms with Crippen molar-refractivity contribution in [3.8, 4) is 0 Å². The number of benzene rings is 4. The van der Waals surface area contributed by atoms with Crippen molar-refractivity contribution in [2.45, 2.75) is 11.6 Å². The molecule has 2 heterocycles. The molecule has 0 aliphatic heterocycles. The van der Waals surface area contributed by atoms with Crippen LogP contribution in [0, 0.1) is 0 Å². The maximum atomic E-state index is 12.6. The summed E-state index contributed by atoms with van der Waals surface area (Å²) in [5.74, 6) is 0. The summed E-state index contributed by atoms with van der Waals surface area (Å²) >= 11 is 0. The standard InChI is InChI=1S/C28H22N6O/c35-28(21-11-3-1-4-12-21,22-13-5-2-6-14-22)27(34-26-18-10-8-16-24(26)30-32-34)19-20-33-25-17-9-7-15-23(25)29-31-33/h1-20,27,35H/b20-19-. The van der Waals surface area contributed by atoms with Gasteiger partial charge in [-0.2, -0.15) is 0 Å². The predicted molar refractivity (Wildman–Crippen MR) is 135 cm³/mol. The van der Waals surface area contributed by atoms with Crippen LogP contribution in [0.1, 0.15) is 17.2 Å². The third kappa shape index (κ3) is 3.59. The molecule has 0 bridgehead atoms. The van der Waals surface area contributed by atoms with E-state index in [1.54, 1.807) is 9.36 Å². The number of aromatic nitrogens is 6. The van der Waals surface area contributed by atoms with Crippen molar-refractivity contribution < 1.29 is 5.11 Å². The number of fused-ring (bicyclic) bond motifs is 2. The van der Waals surface area contributed by atoms with Gasteiger partial charge in [0.05, 0.1) is 11.0 Å². The van der Waals surface area contributed by atoms with Crippen molar-refractivity contribution in [2.75, 3.05) is 0 Å². The average molecular weight is 459 g/mol. The number of nitrogens with zero attached hydrogens (tertiary/aromatic N) is 6. The Kier molecular flexibility index (Phi) is 5.16. The third-order valence-electron chi connectivity index (χ3n) is 6.28. The zero-order valence-electron chi connectivity index (χ0n) is 18.8. The predicted octanol–water partition coefficient (Wildman–Crippen LogP) is 4.82. The van der Waals surface area contributed by atoms with Crippen LogP contribution in [0.2, 0.25) is 0 Å². The molecular weight excluding hydrogens is 436 g/mol. The van der Waals surface area contributed by atoms with Gasteiger partial charge in [0.15, 0.2) is 0 Å². The highest BCUT2D eigenvalue weighted by Crippen LogP contribution is 2.41. The lowest BCUT2D eigenvalue weighted by Crippen LogP contribution is -2.38. The molecule has 6 rings (SSSR count). The van der Waals surface area contributed by atoms with Crippen molar-refractivity contribution in [3.05, 3.63) is 126 Å². The van der Waals surface area contributed by atoms with E-state index >= 15 is 0 Å². The molecule has 1 unspecified atom stereocenters. The molecule has 170 valence electrons. The van der Waals surface area contributed by atoms with Gasteiger partial charge in [0.25, 0.3) is 0 Å². The van der Waals surface area contributed by atoms with Gasteiger partial charge in [0.1, 0.15) is 22.7 Å². The van der Waals surface area contributed by atoms with Crippen LogP contribution >= 0.6 is 0 Å². The Morgan fingerprint density at radius 1 is 0.629 bits per heavy atom. The zero-order valence-corrected chi connectivity index (χ0v) is 18.8. The Bertz CT molecular complexity index is 1580. The summed E-state index contributed by atoms with van der Waals surface area (Å²) in [7, 11) is 0. The second-order valence-corrected chi connectivity index (χ2v) is 8.33. The fourth-order valence-electron chi connectivity index (χ4n) is 4.54. The lowest BCUT2D eigenvalue weighted by Gasteiger charge is -2.36. The van der Waals surface area contributed by atoms with Gasteiger partial charge in [-0.25, -0.2) is 9.36 Å². The fourth-order valence-corrected chi connectivity index (χ4v) is 4.54. The van der Waals surface area contributed by atoms with Crippen molar-refractivity contribution in [3.63, 3.8) is 0 Å². The smallest absolute Gasteiger partial charge is 0.141 e. The van der Waals surface area contributed by atoms with Crippen molar-refractivity contribution in [1.82, 2.24) is 30.0 Å². The van der Waals surface area contributed by atoms with E-state index in [2.05, 4.69) is 20.6 Å². The minimum absolute atomic E-state index is 0.650. The molecule has 1 atom stereocenters. The van der Waals surface area contributed by atoms with Crippen LogP contribution in [-0.4, -0.2) is 35.1 Å². The summed E-state index contributed by atoms with van der Waals surface area (Å²) < 4.78 is 3.48. The largest absolute Gasteiger partial charge is 0.378 e. The van der Waals surface area contributed by atoms with Gasteiger partial charge in [0, 0.05) is 6.20 Å². The van der Waals surface area contributed by atoms with E-state index in [0.717, 1.165) is 33.2 Å². The molecule has 6 aromatic rings. The monoisotopic (exact) mass is 458 g/mol. The van der Waals surface area contributed by atoms with Crippen LogP contribution < -0.4 is 0 Å². The molecule has 0 radical (unpaired) electrons. The molecule has 0 aliphatic rings. The molecule has 4 aromatic carbocycles. The van der Waals surface area contributed by atoms with Crippen LogP contribution in [0.15, 0.2) is 115 Å². The van der Waals surface area contributed by atoms with Crippen molar-refractivity contribution in [2.24, 2.45) is 0 Å². The Hall–Kier alpha value is -4.62. The molecule has 0 saturated carbocycles. The first-order valence-electron chi connectivity index (χ1n) is 11.4. The van der Waals surface area contributed by atoms with Gasteiger partial charge < -0.3 is 5.11 Å². The number of hydrogen-bond acceptors (Lipinski definition) is 5. The number of aliphatic hydroxyl groups is 1. The third-order valence-corrected chi connectivity index (χ3v) is 6.28.